The van der Waals surface area contributed by atoms with Crippen molar-refractivity contribution in [3.05, 3.63) is 95.4 Å². The summed E-state index contributed by atoms with van der Waals surface area (Å²) in [4.78, 5) is 17.3. The second-order valence-corrected chi connectivity index (χ2v) is 11.2. The van der Waals surface area contributed by atoms with Crippen LogP contribution in [0.3, 0.4) is 0 Å². The van der Waals surface area contributed by atoms with E-state index in [1.54, 1.807) is 39.8 Å². The van der Waals surface area contributed by atoms with E-state index in [4.69, 9.17) is 11.6 Å². The van der Waals surface area contributed by atoms with Crippen LogP contribution in [0, 0.1) is 5.82 Å². The molecule has 0 saturated carbocycles. The van der Waals surface area contributed by atoms with Gasteiger partial charge in [0, 0.05) is 59.6 Å². The van der Waals surface area contributed by atoms with Gasteiger partial charge in [-0.1, -0.05) is 54.1 Å². The van der Waals surface area contributed by atoms with Crippen LogP contribution in [-0.4, -0.2) is 50.0 Å². The SMILES string of the molecule is O=C(Cn1cc(S(=O)(=O)Cc2ccccc2F)c2ccccc21)N1CCN(c2cccc(Cl)c2)CC1. The Labute approximate surface area is 214 Å². The number of hydrogen-bond acceptors (Lipinski definition) is 4. The lowest BCUT2D eigenvalue weighted by atomic mass is 10.2. The molecule has 1 aliphatic heterocycles. The molecule has 1 amide bonds. The van der Waals surface area contributed by atoms with E-state index in [0.717, 1.165) is 5.69 Å². The minimum absolute atomic E-state index is 0.0207. The Kier molecular flexibility index (Phi) is 6.73. The lowest BCUT2D eigenvalue weighted by molar-refractivity contribution is -0.132. The van der Waals surface area contributed by atoms with Gasteiger partial charge in [0.05, 0.1) is 10.6 Å². The Morgan fingerprint density at radius 2 is 1.64 bits per heavy atom. The van der Waals surface area contributed by atoms with Crippen molar-refractivity contribution in [2.45, 2.75) is 17.2 Å². The van der Waals surface area contributed by atoms with Crippen molar-refractivity contribution in [3.63, 3.8) is 0 Å². The number of amides is 1. The number of hydrogen-bond donors (Lipinski definition) is 0. The normalized spacial score (nSPS) is 14.4. The predicted molar refractivity (Wildman–Crippen MR) is 139 cm³/mol. The lowest BCUT2D eigenvalue weighted by Gasteiger charge is -2.36. The quantitative estimate of drug-likeness (QED) is 0.364. The van der Waals surface area contributed by atoms with Crippen molar-refractivity contribution < 1.29 is 17.6 Å². The van der Waals surface area contributed by atoms with Gasteiger partial charge in [-0.15, -0.1) is 0 Å². The molecular weight excluding hydrogens is 501 g/mol. The molecule has 0 unspecified atom stereocenters. The number of carbonyl (C=O) groups is 1. The van der Waals surface area contributed by atoms with Crippen LogP contribution in [0.25, 0.3) is 10.9 Å². The Hall–Kier alpha value is -3.36. The minimum Gasteiger partial charge on any atom is -0.368 e. The number of rotatable bonds is 6. The summed E-state index contributed by atoms with van der Waals surface area (Å²) in [6, 6.07) is 20.6. The Morgan fingerprint density at radius 3 is 2.39 bits per heavy atom. The van der Waals surface area contributed by atoms with Crippen LogP contribution in [0.2, 0.25) is 5.02 Å². The van der Waals surface area contributed by atoms with Crippen LogP contribution in [-0.2, 0) is 26.9 Å². The second-order valence-electron chi connectivity index (χ2n) is 8.84. The molecule has 4 aromatic rings. The summed E-state index contributed by atoms with van der Waals surface area (Å²) in [5, 5.41) is 1.19. The minimum atomic E-state index is -3.85. The summed E-state index contributed by atoms with van der Waals surface area (Å²) in [7, 11) is -3.85. The fraction of sp³-hybridized carbons (Fsp3) is 0.222. The lowest BCUT2D eigenvalue weighted by Crippen LogP contribution is -2.49. The van der Waals surface area contributed by atoms with Gasteiger partial charge in [0.25, 0.3) is 0 Å². The average Bonchev–Trinajstić information content (AvgIpc) is 3.25. The van der Waals surface area contributed by atoms with E-state index in [-0.39, 0.29) is 22.9 Å². The largest absolute Gasteiger partial charge is 0.368 e. The van der Waals surface area contributed by atoms with E-state index in [2.05, 4.69) is 4.90 Å². The van der Waals surface area contributed by atoms with Crippen LogP contribution in [0.1, 0.15) is 5.56 Å². The highest BCUT2D eigenvalue weighted by Crippen LogP contribution is 2.29. The van der Waals surface area contributed by atoms with Crippen LogP contribution in [0.15, 0.2) is 83.9 Å². The molecule has 0 spiro atoms. The first kappa shape index (κ1) is 24.3. The van der Waals surface area contributed by atoms with Gasteiger partial charge in [0.2, 0.25) is 5.91 Å². The monoisotopic (exact) mass is 525 g/mol. The van der Waals surface area contributed by atoms with Gasteiger partial charge in [-0.3, -0.25) is 4.79 Å². The Bertz CT molecular complexity index is 1530. The molecule has 1 aliphatic rings. The first-order chi connectivity index (χ1) is 17.3. The highest BCUT2D eigenvalue weighted by molar-refractivity contribution is 7.90. The van der Waals surface area contributed by atoms with E-state index < -0.39 is 21.4 Å². The molecule has 1 aromatic heterocycles. The maximum absolute atomic E-state index is 14.2. The van der Waals surface area contributed by atoms with Crippen molar-refractivity contribution in [1.29, 1.82) is 0 Å². The summed E-state index contributed by atoms with van der Waals surface area (Å²) in [6.07, 6.45) is 1.50. The first-order valence-electron chi connectivity index (χ1n) is 11.6. The highest BCUT2D eigenvalue weighted by Gasteiger charge is 2.26. The van der Waals surface area contributed by atoms with E-state index in [1.165, 1.54) is 24.4 Å². The summed E-state index contributed by atoms with van der Waals surface area (Å²) < 4.78 is 42.4. The zero-order chi connectivity index (χ0) is 25.3. The number of carbonyl (C=O) groups excluding carboxylic acids is 1. The Balaban J connectivity index is 1.34. The number of halogens is 2. The smallest absolute Gasteiger partial charge is 0.242 e. The molecule has 0 N–H and O–H groups in total. The molecule has 36 heavy (non-hydrogen) atoms. The standard InChI is InChI=1S/C27H25ClFN3O3S/c28-21-7-5-8-22(16-21)30-12-14-31(15-13-30)27(33)18-32-17-26(23-9-2-4-11-25(23)32)36(34,35)19-20-6-1-3-10-24(20)29/h1-11,16-17H,12-15,18-19H2. The van der Waals surface area contributed by atoms with Gasteiger partial charge in [0.1, 0.15) is 12.4 Å². The van der Waals surface area contributed by atoms with Gasteiger partial charge >= 0.3 is 0 Å². The number of sulfone groups is 1. The molecule has 3 aromatic carbocycles. The van der Waals surface area contributed by atoms with E-state index in [1.807, 2.05) is 24.3 Å². The van der Waals surface area contributed by atoms with Crippen LogP contribution in [0.5, 0.6) is 0 Å². The van der Waals surface area contributed by atoms with Crippen LogP contribution < -0.4 is 4.90 Å². The number of para-hydroxylation sites is 1. The number of aromatic nitrogens is 1. The van der Waals surface area contributed by atoms with Crippen molar-refractivity contribution >= 4 is 43.9 Å². The van der Waals surface area contributed by atoms with Crippen molar-refractivity contribution in [3.8, 4) is 0 Å². The van der Waals surface area contributed by atoms with E-state index in [9.17, 15) is 17.6 Å². The molecule has 186 valence electrons. The molecule has 1 fully saturated rings. The topological polar surface area (TPSA) is 62.6 Å². The molecule has 6 nitrogen and oxygen atoms in total. The van der Waals surface area contributed by atoms with Gasteiger partial charge in [-0.25, -0.2) is 12.8 Å². The van der Waals surface area contributed by atoms with Gasteiger partial charge in [-0.05, 0) is 30.3 Å². The fourth-order valence-electron chi connectivity index (χ4n) is 4.62. The third-order valence-electron chi connectivity index (χ3n) is 6.50. The zero-order valence-corrected chi connectivity index (χ0v) is 21.1. The van der Waals surface area contributed by atoms with Gasteiger partial charge < -0.3 is 14.4 Å². The molecule has 2 heterocycles. The number of piperazine rings is 1. The number of nitrogens with zero attached hydrogens (tertiary/aromatic N) is 3. The molecule has 1 saturated heterocycles. The number of fused-ring (bicyclic) bond motifs is 1. The average molecular weight is 526 g/mol. The molecule has 9 heteroatoms. The summed E-state index contributed by atoms with van der Waals surface area (Å²) in [5.41, 5.74) is 1.79. The van der Waals surface area contributed by atoms with Crippen molar-refractivity contribution in [2.75, 3.05) is 31.1 Å². The fourth-order valence-corrected chi connectivity index (χ4v) is 6.40. The number of anilines is 1. The third-order valence-corrected chi connectivity index (χ3v) is 8.42. The summed E-state index contributed by atoms with van der Waals surface area (Å²) >= 11 is 6.11. The zero-order valence-electron chi connectivity index (χ0n) is 19.5. The van der Waals surface area contributed by atoms with Gasteiger partial charge in [0.15, 0.2) is 9.84 Å². The summed E-state index contributed by atoms with van der Waals surface area (Å²) in [5.74, 6) is -1.09. The number of benzene rings is 3. The molecular formula is C27H25ClFN3O3S. The van der Waals surface area contributed by atoms with Crippen LogP contribution in [0.4, 0.5) is 10.1 Å². The highest BCUT2D eigenvalue weighted by atomic mass is 35.5. The van der Waals surface area contributed by atoms with E-state index in [0.29, 0.717) is 42.1 Å². The maximum Gasteiger partial charge on any atom is 0.242 e. The van der Waals surface area contributed by atoms with Crippen LogP contribution >= 0.6 is 11.6 Å². The van der Waals surface area contributed by atoms with E-state index >= 15 is 0 Å². The molecule has 0 aliphatic carbocycles. The Morgan fingerprint density at radius 1 is 0.917 bits per heavy atom. The van der Waals surface area contributed by atoms with Gasteiger partial charge in [-0.2, -0.15) is 0 Å². The second kappa shape index (κ2) is 9.95. The van der Waals surface area contributed by atoms with Crippen molar-refractivity contribution in [2.24, 2.45) is 0 Å². The third kappa shape index (κ3) is 4.96. The van der Waals surface area contributed by atoms with Crippen molar-refractivity contribution in [1.82, 2.24) is 9.47 Å². The molecule has 0 atom stereocenters. The molecule has 5 rings (SSSR count). The molecule has 0 bridgehead atoms. The predicted octanol–water partition coefficient (Wildman–Crippen LogP) is 4.76. The first-order valence-corrected chi connectivity index (χ1v) is 13.7. The summed E-state index contributed by atoms with van der Waals surface area (Å²) in [6.45, 7) is 2.50. The maximum atomic E-state index is 14.2. The molecule has 0 radical (unpaired) electrons.